The molecule has 1 heterocycles. The summed E-state index contributed by atoms with van der Waals surface area (Å²) in [4.78, 5) is 1.36. The standard InChI is InChI=1S/C16H25NOS/c1-3-7-14-12-13(10-11-18-14)17-15-8-5-6-9-16(15)19-4-2/h5-6,8-9,13-14,17H,3-4,7,10-12H2,1-2H3. The third-order valence-corrected chi connectivity index (χ3v) is 4.48. The van der Waals surface area contributed by atoms with Gasteiger partial charge in [0, 0.05) is 23.2 Å². The summed E-state index contributed by atoms with van der Waals surface area (Å²) < 4.78 is 5.82. The second-order valence-electron chi connectivity index (χ2n) is 5.08. The molecule has 2 unspecified atom stereocenters. The number of anilines is 1. The first-order valence-electron chi connectivity index (χ1n) is 7.43. The average molecular weight is 279 g/mol. The first-order chi connectivity index (χ1) is 9.33. The lowest BCUT2D eigenvalue weighted by molar-refractivity contribution is 0.00595. The van der Waals surface area contributed by atoms with Gasteiger partial charge in [-0.1, -0.05) is 32.4 Å². The van der Waals surface area contributed by atoms with E-state index in [1.54, 1.807) is 0 Å². The lowest BCUT2D eigenvalue weighted by Crippen LogP contribution is -2.34. The minimum absolute atomic E-state index is 0.447. The predicted molar refractivity (Wildman–Crippen MR) is 84.1 cm³/mol. The van der Waals surface area contributed by atoms with Gasteiger partial charge in [-0.05, 0) is 37.1 Å². The lowest BCUT2D eigenvalue weighted by Gasteiger charge is -2.31. The highest BCUT2D eigenvalue weighted by molar-refractivity contribution is 7.99. The van der Waals surface area contributed by atoms with E-state index in [9.17, 15) is 0 Å². The van der Waals surface area contributed by atoms with Crippen molar-refractivity contribution >= 4 is 17.4 Å². The third-order valence-electron chi connectivity index (χ3n) is 3.52. The molecular weight excluding hydrogens is 254 g/mol. The minimum atomic E-state index is 0.447. The van der Waals surface area contributed by atoms with Crippen LogP contribution in [0.2, 0.25) is 0 Å². The summed E-state index contributed by atoms with van der Waals surface area (Å²) in [5.74, 6) is 1.12. The van der Waals surface area contributed by atoms with Crippen molar-refractivity contribution in [3.05, 3.63) is 24.3 Å². The first-order valence-corrected chi connectivity index (χ1v) is 8.42. The predicted octanol–water partition coefficient (Wildman–Crippen LogP) is 4.56. The second-order valence-corrected chi connectivity index (χ2v) is 6.38. The number of benzene rings is 1. The molecule has 1 aromatic carbocycles. The van der Waals surface area contributed by atoms with Gasteiger partial charge in [-0.25, -0.2) is 0 Å². The van der Waals surface area contributed by atoms with Crippen molar-refractivity contribution in [2.75, 3.05) is 17.7 Å². The monoisotopic (exact) mass is 279 g/mol. The molecule has 1 aliphatic rings. The molecule has 0 amide bonds. The van der Waals surface area contributed by atoms with Crippen LogP contribution in [0.25, 0.3) is 0 Å². The van der Waals surface area contributed by atoms with Crippen molar-refractivity contribution in [3.63, 3.8) is 0 Å². The van der Waals surface area contributed by atoms with E-state index in [1.807, 2.05) is 11.8 Å². The molecule has 0 spiro atoms. The highest BCUT2D eigenvalue weighted by Gasteiger charge is 2.22. The molecule has 106 valence electrons. The number of hydrogen-bond donors (Lipinski definition) is 1. The normalized spacial score (nSPS) is 23.3. The van der Waals surface area contributed by atoms with Crippen LogP contribution in [0.15, 0.2) is 29.2 Å². The van der Waals surface area contributed by atoms with Gasteiger partial charge in [-0.2, -0.15) is 0 Å². The molecule has 0 bridgehead atoms. The molecule has 0 aromatic heterocycles. The van der Waals surface area contributed by atoms with Crippen LogP contribution >= 0.6 is 11.8 Å². The van der Waals surface area contributed by atoms with E-state index in [4.69, 9.17) is 4.74 Å². The van der Waals surface area contributed by atoms with Crippen molar-refractivity contribution in [2.45, 2.75) is 56.6 Å². The summed E-state index contributed by atoms with van der Waals surface area (Å²) in [6, 6.07) is 9.20. The molecule has 1 saturated heterocycles. The molecule has 2 atom stereocenters. The largest absolute Gasteiger partial charge is 0.381 e. The van der Waals surface area contributed by atoms with Gasteiger partial charge in [0.05, 0.1) is 6.10 Å². The molecular formula is C16H25NOS. The van der Waals surface area contributed by atoms with Crippen LogP contribution in [0, 0.1) is 0 Å². The molecule has 1 N–H and O–H groups in total. The first kappa shape index (κ1) is 14.7. The smallest absolute Gasteiger partial charge is 0.0594 e. The molecule has 19 heavy (non-hydrogen) atoms. The zero-order valence-corrected chi connectivity index (χ0v) is 12.8. The minimum Gasteiger partial charge on any atom is -0.381 e. The molecule has 2 rings (SSSR count). The number of thioether (sulfide) groups is 1. The van der Waals surface area contributed by atoms with Gasteiger partial charge in [-0.15, -0.1) is 11.8 Å². The van der Waals surface area contributed by atoms with Gasteiger partial charge in [0.25, 0.3) is 0 Å². The van der Waals surface area contributed by atoms with Gasteiger partial charge >= 0.3 is 0 Å². The SMILES string of the molecule is CCCC1CC(Nc2ccccc2SCC)CCO1. The van der Waals surface area contributed by atoms with Crippen LogP contribution in [0.3, 0.4) is 0 Å². The summed E-state index contributed by atoms with van der Waals surface area (Å²) in [6.45, 7) is 5.33. The molecule has 3 heteroatoms. The average Bonchev–Trinajstić information content (AvgIpc) is 2.42. The fourth-order valence-corrected chi connectivity index (χ4v) is 3.39. The summed E-state index contributed by atoms with van der Waals surface area (Å²) in [6.07, 6.45) is 5.09. The van der Waals surface area contributed by atoms with E-state index in [1.165, 1.54) is 23.4 Å². The molecule has 0 radical (unpaired) electrons. The van der Waals surface area contributed by atoms with E-state index in [0.717, 1.165) is 25.2 Å². The third kappa shape index (κ3) is 4.43. The fraction of sp³-hybridized carbons (Fsp3) is 0.625. The Balaban J connectivity index is 1.96. The van der Waals surface area contributed by atoms with Crippen molar-refractivity contribution in [3.8, 4) is 0 Å². The van der Waals surface area contributed by atoms with E-state index in [-0.39, 0.29) is 0 Å². The highest BCUT2D eigenvalue weighted by Crippen LogP contribution is 2.29. The zero-order valence-electron chi connectivity index (χ0n) is 12.0. The Labute approximate surface area is 121 Å². The van der Waals surface area contributed by atoms with E-state index in [2.05, 4.69) is 43.4 Å². The maximum Gasteiger partial charge on any atom is 0.0594 e. The molecule has 1 aliphatic heterocycles. The highest BCUT2D eigenvalue weighted by atomic mass is 32.2. The van der Waals surface area contributed by atoms with E-state index >= 15 is 0 Å². The Morgan fingerprint density at radius 1 is 1.32 bits per heavy atom. The van der Waals surface area contributed by atoms with Crippen molar-refractivity contribution in [1.82, 2.24) is 0 Å². The molecule has 1 fully saturated rings. The summed E-state index contributed by atoms with van der Waals surface area (Å²) in [5.41, 5.74) is 1.29. The van der Waals surface area contributed by atoms with Gasteiger partial charge in [0.15, 0.2) is 0 Å². The topological polar surface area (TPSA) is 21.3 Å². The summed E-state index contributed by atoms with van der Waals surface area (Å²) in [7, 11) is 0. The number of nitrogens with one attached hydrogen (secondary N) is 1. The van der Waals surface area contributed by atoms with Crippen LogP contribution in [0.5, 0.6) is 0 Å². The quantitative estimate of drug-likeness (QED) is 0.771. The Morgan fingerprint density at radius 3 is 2.95 bits per heavy atom. The summed E-state index contributed by atoms with van der Waals surface area (Å²) in [5, 5.41) is 3.72. The van der Waals surface area contributed by atoms with Crippen LogP contribution in [0.1, 0.15) is 39.5 Å². The maximum absolute atomic E-state index is 5.82. The lowest BCUT2D eigenvalue weighted by atomic mass is 10.00. The molecule has 1 aromatic rings. The summed E-state index contributed by atoms with van der Waals surface area (Å²) >= 11 is 1.91. The van der Waals surface area contributed by atoms with Crippen molar-refractivity contribution < 1.29 is 4.74 Å². The van der Waals surface area contributed by atoms with Gasteiger partial charge < -0.3 is 10.1 Å². The second kappa shape index (κ2) is 7.81. The maximum atomic E-state index is 5.82. The molecule has 2 nitrogen and oxygen atoms in total. The number of ether oxygens (including phenoxy) is 1. The van der Waals surface area contributed by atoms with Gasteiger partial charge in [0.1, 0.15) is 0 Å². The molecule has 0 aliphatic carbocycles. The van der Waals surface area contributed by atoms with Crippen LogP contribution < -0.4 is 5.32 Å². The van der Waals surface area contributed by atoms with Crippen molar-refractivity contribution in [2.24, 2.45) is 0 Å². The number of rotatable bonds is 6. The van der Waals surface area contributed by atoms with Crippen LogP contribution in [-0.2, 0) is 4.74 Å². The Morgan fingerprint density at radius 2 is 2.16 bits per heavy atom. The fourth-order valence-electron chi connectivity index (χ4n) is 2.62. The zero-order chi connectivity index (χ0) is 13.5. The van der Waals surface area contributed by atoms with Gasteiger partial charge in [-0.3, -0.25) is 0 Å². The Kier molecular flexibility index (Phi) is 6.05. The number of hydrogen-bond acceptors (Lipinski definition) is 3. The Hall–Kier alpha value is -0.670. The van der Waals surface area contributed by atoms with Crippen LogP contribution in [-0.4, -0.2) is 24.5 Å². The Bertz CT molecular complexity index is 381. The van der Waals surface area contributed by atoms with Gasteiger partial charge in [0.2, 0.25) is 0 Å². The number of para-hydroxylation sites is 1. The van der Waals surface area contributed by atoms with E-state index < -0.39 is 0 Å². The van der Waals surface area contributed by atoms with Crippen LogP contribution in [0.4, 0.5) is 5.69 Å². The van der Waals surface area contributed by atoms with E-state index in [0.29, 0.717) is 12.1 Å². The molecule has 0 saturated carbocycles. The van der Waals surface area contributed by atoms with Crippen molar-refractivity contribution in [1.29, 1.82) is 0 Å².